The molecule has 2 rings (SSSR count). The fourth-order valence-electron chi connectivity index (χ4n) is 1.64. The third-order valence-electron chi connectivity index (χ3n) is 2.58. The van der Waals surface area contributed by atoms with E-state index in [1.165, 1.54) is 0 Å². The molecule has 94 valence electrons. The molecule has 3 heteroatoms. The van der Waals surface area contributed by atoms with Crippen LogP contribution < -0.4 is 0 Å². The van der Waals surface area contributed by atoms with Gasteiger partial charge >= 0.3 is 0 Å². The van der Waals surface area contributed by atoms with Crippen LogP contribution in [0.25, 0.3) is 5.70 Å². The summed E-state index contributed by atoms with van der Waals surface area (Å²) >= 11 is 3.43. The molecule has 0 spiro atoms. The first-order chi connectivity index (χ1) is 9.20. The molecule has 0 saturated carbocycles. The average molecular weight is 313 g/mol. The van der Waals surface area contributed by atoms with Gasteiger partial charge in [-0.25, -0.2) is 9.98 Å². The molecule has 0 amide bonds. The number of hydrogen-bond donors (Lipinski definition) is 0. The van der Waals surface area contributed by atoms with Gasteiger partial charge in [0, 0.05) is 10.0 Å². The van der Waals surface area contributed by atoms with Crippen LogP contribution in [0.3, 0.4) is 0 Å². The van der Waals surface area contributed by atoms with Crippen molar-refractivity contribution < 1.29 is 0 Å². The minimum atomic E-state index is 0.565. The molecule has 0 aromatic heterocycles. The number of hydrogen-bond acceptors (Lipinski definition) is 1. The molecule has 0 fully saturated rings. The maximum atomic E-state index is 4.45. The summed E-state index contributed by atoms with van der Waals surface area (Å²) in [5.41, 5.74) is 2.54. The molecule has 0 radical (unpaired) electrons. The first-order valence-electron chi connectivity index (χ1n) is 5.76. The van der Waals surface area contributed by atoms with Gasteiger partial charge in [0.2, 0.25) is 0 Å². The van der Waals surface area contributed by atoms with Gasteiger partial charge in [0.05, 0.1) is 5.70 Å². The van der Waals surface area contributed by atoms with Gasteiger partial charge in [-0.2, -0.15) is 0 Å². The molecule has 0 N–H and O–H groups in total. The Labute approximate surface area is 121 Å². The summed E-state index contributed by atoms with van der Waals surface area (Å²) in [5, 5.41) is 0. The zero-order valence-electron chi connectivity index (χ0n) is 10.4. The van der Waals surface area contributed by atoms with Gasteiger partial charge in [-0.3, -0.25) is 0 Å². The molecular weight excluding hydrogens is 300 g/mol. The molecule has 0 aliphatic rings. The molecule has 2 aromatic carbocycles. The van der Waals surface area contributed by atoms with Crippen LogP contribution in [-0.4, -0.2) is 12.6 Å². The Bertz CT molecular complexity index is 630. The SMILES string of the molecule is C=NC(=NC(=C)c1ccccc1)c1cccc(Br)c1. The summed E-state index contributed by atoms with van der Waals surface area (Å²) in [4.78, 5) is 8.43. The number of rotatable bonds is 3. The average Bonchev–Trinajstić information content (AvgIpc) is 2.45. The first kappa shape index (κ1) is 13.4. The Morgan fingerprint density at radius 2 is 1.63 bits per heavy atom. The summed E-state index contributed by atoms with van der Waals surface area (Å²) in [6.07, 6.45) is 0. The van der Waals surface area contributed by atoms with E-state index in [4.69, 9.17) is 0 Å². The fraction of sp³-hybridized carbons (Fsp3) is 0. The van der Waals surface area contributed by atoms with Gasteiger partial charge in [-0.1, -0.05) is 65.0 Å². The minimum Gasteiger partial charge on any atom is -0.245 e. The summed E-state index contributed by atoms with van der Waals surface area (Å²) in [6.45, 7) is 7.55. The monoisotopic (exact) mass is 312 g/mol. The third-order valence-corrected chi connectivity index (χ3v) is 3.07. The van der Waals surface area contributed by atoms with Gasteiger partial charge in [-0.15, -0.1) is 0 Å². The van der Waals surface area contributed by atoms with Crippen molar-refractivity contribution in [3.8, 4) is 0 Å². The van der Waals surface area contributed by atoms with Crippen molar-refractivity contribution in [1.82, 2.24) is 0 Å². The molecule has 0 aliphatic carbocycles. The standard InChI is InChI=1S/C16H13BrN2/c1-12(13-7-4-3-5-8-13)19-16(18-2)14-9-6-10-15(17)11-14/h3-11H,1-2H2. The highest BCUT2D eigenvalue weighted by atomic mass is 79.9. The lowest BCUT2D eigenvalue weighted by Crippen LogP contribution is -1.97. The Morgan fingerprint density at radius 1 is 0.947 bits per heavy atom. The smallest absolute Gasteiger partial charge is 0.159 e. The van der Waals surface area contributed by atoms with Gasteiger partial charge in [0.15, 0.2) is 5.84 Å². The molecule has 0 unspecified atom stereocenters. The fourth-order valence-corrected chi connectivity index (χ4v) is 2.04. The minimum absolute atomic E-state index is 0.565. The van der Waals surface area contributed by atoms with E-state index in [2.05, 4.69) is 39.2 Å². The molecule has 0 atom stereocenters. The van der Waals surface area contributed by atoms with Crippen molar-refractivity contribution in [2.75, 3.05) is 0 Å². The second-order valence-electron chi connectivity index (χ2n) is 3.92. The van der Waals surface area contributed by atoms with Crippen LogP contribution in [0.15, 0.2) is 75.6 Å². The predicted octanol–water partition coefficient (Wildman–Crippen LogP) is 4.57. The van der Waals surface area contributed by atoms with E-state index in [0.29, 0.717) is 11.5 Å². The van der Waals surface area contributed by atoms with Crippen LogP contribution in [-0.2, 0) is 0 Å². The summed E-state index contributed by atoms with van der Waals surface area (Å²) < 4.78 is 0.978. The Balaban J connectivity index is 2.35. The normalized spacial score (nSPS) is 11.1. The highest BCUT2D eigenvalue weighted by Gasteiger charge is 2.03. The van der Waals surface area contributed by atoms with Crippen LogP contribution in [0.2, 0.25) is 0 Å². The van der Waals surface area contributed by atoms with Crippen molar-refractivity contribution in [2.24, 2.45) is 9.98 Å². The van der Waals surface area contributed by atoms with E-state index in [1.54, 1.807) is 0 Å². The van der Waals surface area contributed by atoms with Gasteiger partial charge in [0.25, 0.3) is 0 Å². The second kappa shape index (κ2) is 6.25. The number of amidine groups is 1. The lowest BCUT2D eigenvalue weighted by Gasteiger charge is -2.04. The van der Waals surface area contributed by atoms with Gasteiger partial charge in [0.1, 0.15) is 0 Å². The second-order valence-corrected chi connectivity index (χ2v) is 4.83. The van der Waals surface area contributed by atoms with Crippen molar-refractivity contribution in [3.05, 3.63) is 76.8 Å². The third kappa shape index (κ3) is 3.48. The molecule has 0 aliphatic heterocycles. The molecule has 0 saturated heterocycles. The van der Waals surface area contributed by atoms with Crippen molar-refractivity contribution in [1.29, 1.82) is 0 Å². The van der Waals surface area contributed by atoms with Crippen molar-refractivity contribution in [3.63, 3.8) is 0 Å². The molecule has 0 heterocycles. The molecule has 19 heavy (non-hydrogen) atoms. The number of halogens is 1. The zero-order valence-corrected chi connectivity index (χ0v) is 12.0. The van der Waals surface area contributed by atoms with Crippen molar-refractivity contribution in [2.45, 2.75) is 0 Å². The van der Waals surface area contributed by atoms with Gasteiger partial charge in [-0.05, 0) is 24.4 Å². The lowest BCUT2D eigenvalue weighted by atomic mass is 10.1. The Morgan fingerprint density at radius 3 is 2.26 bits per heavy atom. The number of nitrogens with zero attached hydrogens (tertiary/aromatic N) is 2. The molecular formula is C16H13BrN2. The zero-order chi connectivity index (χ0) is 13.7. The van der Waals surface area contributed by atoms with Gasteiger partial charge < -0.3 is 0 Å². The van der Waals surface area contributed by atoms with Crippen LogP contribution in [0.4, 0.5) is 0 Å². The Hall–Kier alpha value is -2.00. The van der Waals surface area contributed by atoms with Crippen LogP contribution in [0.5, 0.6) is 0 Å². The topological polar surface area (TPSA) is 24.7 Å². The van der Waals surface area contributed by atoms with E-state index in [-0.39, 0.29) is 0 Å². The summed E-state index contributed by atoms with van der Waals surface area (Å²) in [7, 11) is 0. The highest BCUT2D eigenvalue weighted by Crippen LogP contribution is 2.17. The van der Waals surface area contributed by atoms with E-state index >= 15 is 0 Å². The summed E-state index contributed by atoms with van der Waals surface area (Å²) in [5.74, 6) is 0.565. The number of benzene rings is 2. The molecule has 0 bridgehead atoms. The van der Waals surface area contributed by atoms with Crippen molar-refractivity contribution >= 4 is 34.2 Å². The highest BCUT2D eigenvalue weighted by molar-refractivity contribution is 9.10. The molecule has 2 aromatic rings. The maximum absolute atomic E-state index is 4.45. The first-order valence-corrected chi connectivity index (χ1v) is 6.55. The van der Waals surface area contributed by atoms with E-state index in [1.807, 2.05) is 54.6 Å². The number of aliphatic imine (C=N–C) groups is 2. The van der Waals surface area contributed by atoms with Crippen LogP contribution in [0, 0.1) is 0 Å². The lowest BCUT2D eigenvalue weighted by molar-refractivity contribution is 1.45. The largest absolute Gasteiger partial charge is 0.245 e. The van der Waals surface area contributed by atoms with Crippen LogP contribution >= 0.6 is 15.9 Å². The van der Waals surface area contributed by atoms with E-state index in [9.17, 15) is 0 Å². The quantitative estimate of drug-likeness (QED) is 0.586. The summed E-state index contributed by atoms with van der Waals surface area (Å²) in [6, 6.07) is 17.6. The molecule has 2 nitrogen and oxygen atoms in total. The van der Waals surface area contributed by atoms with E-state index < -0.39 is 0 Å². The Kier molecular flexibility index (Phi) is 4.42. The van der Waals surface area contributed by atoms with Crippen LogP contribution in [0.1, 0.15) is 11.1 Å². The van der Waals surface area contributed by atoms with E-state index in [0.717, 1.165) is 15.6 Å². The predicted molar refractivity (Wildman–Crippen MR) is 85.7 cm³/mol. The maximum Gasteiger partial charge on any atom is 0.159 e.